The number of aryl methyl sites for hydroxylation is 2. The van der Waals surface area contributed by atoms with Gasteiger partial charge in [-0.2, -0.15) is 0 Å². The predicted molar refractivity (Wildman–Crippen MR) is 112 cm³/mol. The van der Waals surface area contributed by atoms with Gasteiger partial charge in [0.15, 0.2) is 0 Å². The molecule has 0 radical (unpaired) electrons. The number of β-amino-alcohol motifs (C(OH)–C–C–N with tert-alkyl or cyclic N) is 1. The minimum atomic E-state index is -0.460. The van der Waals surface area contributed by atoms with Crippen LogP contribution in [0.3, 0.4) is 0 Å². The summed E-state index contributed by atoms with van der Waals surface area (Å²) in [5.41, 5.74) is 2.52. The molecule has 2 atom stereocenters. The number of anilines is 1. The van der Waals surface area contributed by atoms with Gasteiger partial charge in [-0.15, -0.1) is 0 Å². The molecule has 0 spiro atoms. The molecule has 0 saturated carbocycles. The SMILES string of the molecule is Cc1cc(C)nc(N2C[C@H](O)[C@@H](N3CCN(C(=O)c4ccc(Cl)cc4)CC3)C2)n1. The minimum absolute atomic E-state index is 0.0206. The zero-order chi connectivity index (χ0) is 20.5. The average Bonchev–Trinajstić information content (AvgIpc) is 3.09. The fourth-order valence-electron chi connectivity index (χ4n) is 4.17. The lowest BCUT2D eigenvalue weighted by Gasteiger charge is -2.38. The van der Waals surface area contributed by atoms with Crippen LogP contribution in [0.1, 0.15) is 21.7 Å². The summed E-state index contributed by atoms with van der Waals surface area (Å²) in [6.07, 6.45) is -0.460. The number of carbonyl (C=O) groups is 1. The van der Waals surface area contributed by atoms with Crippen LogP contribution in [-0.2, 0) is 0 Å². The molecule has 1 amide bonds. The Balaban J connectivity index is 1.37. The molecular formula is C21H26ClN5O2. The van der Waals surface area contributed by atoms with Crippen molar-refractivity contribution in [3.63, 3.8) is 0 Å². The average molecular weight is 416 g/mol. The van der Waals surface area contributed by atoms with Crippen molar-refractivity contribution in [1.29, 1.82) is 0 Å². The summed E-state index contributed by atoms with van der Waals surface area (Å²) in [5.74, 6) is 0.708. The monoisotopic (exact) mass is 415 g/mol. The molecule has 2 aliphatic rings. The first-order chi connectivity index (χ1) is 13.9. The normalized spacial score (nSPS) is 22.9. The molecule has 1 N–H and O–H groups in total. The van der Waals surface area contributed by atoms with E-state index in [-0.39, 0.29) is 11.9 Å². The standard InChI is InChI=1S/C21H26ClN5O2/c1-14-11-15(2)24-21(23-14)27-12-18(19(28)13-27)25-7-9-26(10-8-25)20(29)16-3-5-17(22)6-4-16/h3-6,11,18-19,28H,7-10,12-13H2,1-2H3/t18-,19-/m0/s1. The number of aromatic nitrogens is 2. The fraction of sp³-hybridized carbons (Fsp3) is 0.476. The second-order valence-corrected chi connectivity index (χ2v) is 8.26. The summed E-state index contributed by atoms with van der Waals surface area (Å²) in [7, 11) is 0. The zero-order valence-electron chi connectivity index (χ0n) is 16.8. The highest BCUT2D eigenvalue weighted by atomic mass is 35.5. The van der Waals surface area contributed by atoms with Gasteiger partial charge in [-0.25, -0.2) is 9.97 Å². The number of carbonyl (C=O) groups excluding carboxylic acids is 1. The summed E-state index contributed by atoms with van der Waals surface area (Å²) >= 11 is 5.91. The molecule has 1 aromatic heterocycles. The molecule has 7 nitrogen and oxygen atoms in total. The Kier molecular flexibility index (Phi) is 5.72. The topological polar surface area (TPSA) is 72.8 Å². The smallest absolute Gasteiger partial charge is 0.253 e. The molecule has 29 heavy (non-hydrogen) atoms. The first-order valence-corrected chi connectivity index (χ1v) is 10.3. The van der Waals surface area contributed by atoms with E-state index < -0.39 is 6.10 Å². The molecule has 3 heterocycles. The Morgan fingerprint density at radius 3 is 2.28 bits per heavy atom. The molecule has 154 valence electrons. The Hall–Kier alpha value is -2.22. The Morgan fingerprint density at radius 2 is 1.66 bits per heavy atom. The van der Waals surface area contributed by atoms with Crippen LogP contribution in [0.5, 0.6) is 0 Å². The van der Waals surface area contributed by atoms with Gasteiger partial charge in [-0.05, 0) is 44.2 Å². The van der Waals surface area contributed by atoms with Crippen LogP contribution in [-0.4, -0.2) is 82.2 Å². The minimum Gasteiger partial charge on any atom is -0.390 e. The van der Waals surface area contributed by atoms with Gasteiger partial charge < -0.3 is 14.9 Å². The quantitative estimate of drug-likeness (QED) is 0.823. The van der Waals surface area contributed by atoms with Crippen LogP contribution in [0.4, 0.5) is 5.95 Å². The lowest BCUT2D eigenvalue weighted by Crippen LogP contribution is -2.54. The number of halogens is 1. The molecule has 0 aliphatic carbocycles. The van der Waals surface area contributed by atoms with Crippen LogP contribution in [0.25, 0.3) is 0 Å². The molecule has 1 aromatic carbocycles. The summed E-state index contributed by atoms with van der Waals surface area (Å²) in [4.78, 5) is 28.0. The van der Waals surface area contributed by atoms with E-state index in [4.69, 9.17) is 11.6 Å². The maximum atomic E-state index is 12.7. The van der Waals surface area contributed by atoms with Crippen LogP contribution in [0.15, 0.2) is 30.3 Å². The highest BCUT2D eigenvalue weighted by Crippen LogP contribution is 2.23. The van der Waals surface area contributed by atoms with Gasteiger partial charge >= 0.3 is 0 Å². The van der Waals surface area contributed by atoms with Crippen LogP contribution in [0, 0.1) is 13.8 Å². The zero-order valence-corrected chi connectivity index (χ0v) is 17.5. The lowest BCUT2D eigenvalue weighted by atomic mass is 10.1. The molecule has 2 aliphatic heterocycles. The molecule has 2 aromatic rings. The fourth-order valence-corrected chi connectivity index (χ4v) is 4.30. The van der Waals surface area contributed by atoms with E-state index in [0.717, 1.165) is 24.5 Å². The summed E-state index contributed by atoms with van der Waals surface area (Å²) < 4.78 is 0. The van der Waals surface area contributed by atoms with Gasteiger partial charge in [0.2, 0.25) is 5.95 Å². The Bertz CT molecular complexity index is 863. The summed E-state index contributed by atoms with van der Waals surface area (Å²) in [5, 5.41) is 11.3. The van der Waals surface area contributed by atoms with Crippen molar-refractivity contribution in [2.45, 2.75) is 26.0 Å². The molecule has 4 rings (SSSR count). The van der Waals surface area contributed by atoms with Crippen molar-refractivity contribution in [2.75, 3.05) is 44.2 Å². The van der Waals surface area contributed by atoms with Gasteiger partial charge in [-0.1, -0.05) is 11.6 Å². The maximum Gasteiger partial charge on any atom is 0.253 e. The van der Waals surface area contributed by atoms with Gasteiger partial charge in [0.1, 0.15) is 0 Å². The maximum absolute atomic E-state index is 12.7. The van der Waals surface area contributed by atoms with Crippen LogP contribution in [0.2, 0.25) is 5.02 Å². The molecular weight excluding hydrogens is 390 g/mol. The number of rotatable bonds is 3. The van der Waals surface area contributed by atoms with Crippen molar-refractivity contribution < 1.29 is 9.90 Å². The van der Waals surface area contributed by atoms with Crippen molar-refractivity contribution in [1.82, 2.24) is 19.8 Å². The second kappa shape index (κ2) is 8.26. The highest BCUT2D eigenvalue weighted by Gasteiger charge is 2.38. The van der Waals surface area contributed by atoms with E-state index in [9.17, 15) is 9.90 Å². The first-order valence-electron chi connectivity index (χ1n) is 9.95. The second-order valence-electron chi connectivity index (χ2n) is 7.83. The van der Waals surface area contributed by atoms with E-state index in [2.05, 4.69) is 19.8 Å². The number of nitrogens with zero attached hydrogens (tertiary/aromatic N) is 5. The van der Waals surface area contributed by atoms with E-state index in [1.165, 1.54) is 0 Å². The summed E-state index contributed by atoms with van der Waals surface area (Å²) in [6.45, 7) is 7.89. The number of amides is 1. The highest BCUT2D eigenvalue weighted by molar-refractivity contribution is 6.30. The van der Waals surface area contributed by atoms with Crippen LogP contribution >= 0.6 is 11.6 Å². The van der Waals surface area contributed by atoms with E-state index in [0.29, 0.717) is 42.7 Å². The number of hydrogen-bond donors (Lipinski definition) is 1. The number of aliphatic hydroxyl groups is 1. The third-order valence-corrected chi connectivity index (χ3v) is 5.93. The number of aliphatic hydroxyl groups excluding tert-OH is 1. The van der Waals surface area contributed by atoms with Crippen molar-refractivity contribution in [2.24, 2.45) is 0 Å². The van der Waals surface area contributed by atoms with Crippen LogP contribution < -0.4 is 4.90 Å². The Morgan fingerprint density at radius 1 is 1.03 bits per heavy atom. The number of benzene rings is 1. The molecule has 0 unspecified atom stereocenters. The van der Waals surface area contributed by atoms with E-state index in [1.807, 2.05) is 24.8 Å². The molecule has 8 heteroatoms. The molecule has 0 bridgehead atoms. The predicted octanol–water partition coefficient (Wildman–Crippen LogP) is 1.75. The molecule has 2 saturated heterocycles. The van der Waals surface area contributed by atoms with E-state index in [1.54, 1.807) is 24.3 Å². The van der Waals surface area contributed by atoms with E-state index >= 15 is 0 Å². The third-order valence-electron chi connectivity index (χ3n) is 5.67. The largest absolute Gasteiger partial charge is 0.390 e. The van der Waals surface area contributed by atoms with Gasteiger partial charge in [0.05, 0.1) is 12.1 Å². The van der Waals surface area contributed by atoms with Gasteiger partial charge in [0.25, 0.3) is 5.91 Å². The molecule has 2 fully saturated rings. The number of hydrogen-bond acceptors (Lipinski definition) is 6. The lowest BCUT2D eigenvalue weighted by molar-refractivity contribution is 0.0376. The van der Waals surface area contributed by atoms with Crippen molar-refractivity contribution >= 4 is 23.5 Å². The van der Waals surface area contributed by atoms with Crippen molar-refractivity contribution in [3.8, 4) is 0 Å². The summed E-state index contributed by atoms with van der Waals surface area (Å²) in [6, 6.07) is 8.98. The third kappa shape index (κ3) is 4.37. The first kappa shape index (κ1) is 20.1. The number of piperazine rings is 1. The Labute approximate surface area is 175 Å². The van der Waals surface area contributed by atoms with Crippen molar-refractivity contribution in [3.05, 3.63) is 52.3 Å². The van der Waals surface area contributed by atoms with Gasteiger partial charge in [-0.3, -0.25) is 9.69 Å². The van der Waals surface area contributed by atoms with Gasteiger partial charge in [0, 0.05) is 61.2 Å².